The van der Waals surface area contributed by atoms with Gasteiger partial charge in [-0.05, 0) is 30.9 Å². The highest BCUT2D eigenvalue weighted by Gasteiger charge is 2.50. The van der Waals surface area contributed by atoms with Crippen molar-refractivity contribution in [3.05, 3.63) is 65.9 Å². The Morgan fingerprint density at radius 1 is 1.07 bits per heavy atom. The molecule has 1 saturated heterocycles. The number of likely N-dealkylation sites (tertiary alicyclic amines) is 1. The first-order valence-corrected chi connectivity index (χ1v) is 10.2. The van der Waals surface area contributed by atoms with Crippen molar-refractivity contribution in [2.24, 2.45) is 5.92 Å². The van der Waals surface area contributed by atoms with E-state index in [0.717, 1.165) is 42.1 Å². The number of hydrogen-bond acceptors (Lipinski definition) is 3. The maximum absolute atomic E-state index is 13.4. The SMILES string of the molecule is O=C(c1n[nH]c2ccccc12)N1CC[C@](O)(c2ccccc2)[C@H]2CCCC[C@H]21. The van der Waals surface area contributed by atoms with E-state index in [4.69, 9.17) is 0 Å². The van der Waals surface area contributed by atoms with Gasteiger partial charge in [-0.3, -0.25) is 9.89 Å². The summed E-state index contributed by atoms with van der Waals surface area (Å²) in [6, 6.07) is 17.8. The standard InChI is InChI=1S/C23H25N3O2/c27-22(21-17-10-4-6-12-19(17)24-25-21)26-15-14-23(28,16-8-2-1-3-9-16)18-11-5-7-13-20(18)26/h1-4,6,8-10,12,18,20,28H,5,7,11,13-15H2,(H,24,25)/t18-,20+,23-/m0/s1. The smallest absolute Gasteiger partial charge is 0.275 e. The van der Waals surface area contributed by atoms with E-state index in [9.17, 15) is 9.90 Å². The van der Waals surface area contributed by atoms with E-state index in [1.54, 1.807) is 0 Å². The van der Waals surface area contributed by atoms with Gasteiger partial charge in [0.05, 0.1) is 11.1 Å². The summed E-state index contributed by atoms with van der Waals surface area (Å²) in [4.78, 5) is 15.4. The number of hydrogen-bond donors (Lipinski definition) is 2. The van der Waals surface area contributed by atoms with Gasteiger partial charge in [-0.2, -0.15) is 5.10 Å². The molecule has 5 nitrogen and oxygen atoms in total. The lowest BCUT2D eigenvalue weighted by Gasteiger charge is -2.52. The van der Waals surface area contributed by atoms with Crippen LogP contribution in [-0.4, -0.2) is 38.7 Å². The number of aromatic nitrogens is 2. The van der Waals surface area contributed by atoms with E-state index in [0.29, 0.717) is 18.7 Å². The van der Waals surface area contributed by atoms with Crippen molar-refractivity contribution in [1.29, 1.82) is 0 Å². The number of carbonyl (C=O) groups excluding carboxylic acids is 1. The molecule has 2 aliphatic rings. The molecular formula is C23H25N3O2. The second kappa shape index (κ2) is 6.74. The fourth-order valence-corrected chi connectivity index (χ4v) is 5.28. The van der Waals surface area contributed by atoms with Crippen molar-refractivity contribution < 1.29 is 9.90 Å². The number of nitrogens with one attached hydrogen (secondary N) is 1. The number of nitrogens with zero attached hydrogens (tertiary/aromatic N) is 2. The molecule has 2 heterocycles. The molecule has 2 aromatic carbocycles. The van der Waals surface area contributed by atoms with E-state index in [1.807, 2.05) is 59.5 Å². The lowest BCUT2D eigenvalue weighted by Crippen LogP contribution is -2.59. The van der Waals surface area contributed by atoms with Gasteiger partial charge in [-0.1, -0.05) is 61.4 Å². The van der Waals surface area contributed by atoms with Crippen molar-refractivity contribution >= 4 is 16.8 Å². The third-order valence-corrected chi connectivity index (χ3v) is 6.68. The Morgan fingerprint density at radius 2 is 1.82 bits per heavy atom. The van der Waals surface area contributed by atoms with Crippen LogP contribution in [0.15, 0.2) is 54.6 Å². The van der Waals surface area contributed by atoms with Crippen LogP contribution in [0.2, 0.25) is 0 Å². The Hall–Kier alpha value is -2.66. The van der Waals surface area contributed by atoms with Crippen molar-refractivity contribution in [2.45, 2.75) is 43.7 Å². The normalized spacial score (nSPS) is 27.5. The van der Waals surface area contributed by atoms with Gasteiger partial charge in [-0.25, -0.2) is 0 Å². The average Bonchev–Trinajstić information content (AvgIpc) is 3.19. The van der Waals surface area contributed by atoms with E-state index >= 15 is 0 Å². The highest BCUT2D eigenvalue weighted by molar-refractivity contribution is 6.04. The van der Waals surface area contributed by atoms with Crippen LogP contribution in [0.4, 0.5) is 0 Å². The molecule has 0 spiro atoms. The number of amides is 1. The van der Waals surface area contributed by atoms with Gasteiger partial charge in [0.25, 0.3) is 5.91 Å². The number of aliphatic hydroxyl groups is 1. The first kappa shape index (κ1) is 17.4. The maximum atomic E-state index is 13.4. The monoisotopic (exact) mass is 375 g/mol. The van der Waals surface area contributed by atoms with Gasteiger partial charge < -0.3 is 10.0 Å². The topological polar surface area (TPSA) is 69.2 Å². The second-order valence-electron chi connectivity index (χ2n) is 8.11. The number of H-pyrrole nitrogens is 1. The molecular weight excluding hydrogens is 350 g/mol. The zero-order valence-electron chi connectivity index (χ0n) is 15.8. The summed E-state index contributed by atoms with van der Waals surface area (Å²) in [5.74, 6) is 0.0380. The number of piperidine rings is 1. The highest BCUT2D eigenvalue weighted by Crippen LogP contribution is 2.47. The summed E-state index contributed by atoms with van der Waals surface area (Å²) in [7, 11) is 0. The molecule has 28 heavy (non-hydrogen) atoms. The van der Waals surface area contributed by atoms with Crippen LogP contribution < -0.4 is 0 Å². The highest BCUT2D eigenvalue weighted by atomic mass is 16.3. The van der Waals surface area contributed by atoms with E-state index in [-0.39, 0.29) is 17.9 Å². The first-order valence-electron chi connectivity index (χ1n) is 10.2. The van der Waals surface area contributed by atoms with Crippen molar-refractivity contribution in [1.82, 2.24) is 15.1 Å². The molecule has 3 aromatic rings. The Bertz CT molecular complexity index is 999. The Balaban J connectivity index is 1.50. The number of rotatable bonds is 2. The summed E-state index contributed by atoms with van der Waals surface area (Å²) < 4.78 is 0. The van der Waals surface area contributed by atoms with Crippen LogP contribution in [-0.2, 0) is 5.60 Å². The number of aromatic amines is 1. The van der Waals surface area contributed by atoms with E-state index < -0.39 is 5.60 Å². The minimum Gasteiger partial charge on any atom is -0.385 e. The van der Waals surface area contributed by atoms with E-state index in [1.165, 1.54) is 0 Å². The summed E-state index contributed by atoms with van der Waals surface area (Å²) >= 11 is 0. The number of benzene rings is 2. The Morgan fingerprint density at radius 3 is 2.68 bits per heavy atom. The lowest BCUT2D eigenvalue weighted by molar-refractivity contribution is -0.110. The van der Waals surface area contributed by atoms with Crippen LogP contribution >= 0.6 is 0 Å². The van der Waals surface area contributed by atoms with Crippen LogP contribution in [0.3, 0.4) is 0 Å². The van der Waals surface area contributed by atoms with Crippen LogP contribution in [0.1, 0.15) is 48.2 Å². The molecule has 0 radical (unpaired) electrons. The molecule has 0 bridgehead atoms. The fourth-order valence-electron chi connectivity index (χ4n) is 5.28. The average molecular weight is 375 g/mol. The van der Waals surface area contributed by atoms with Crippen LogP contribution in [0.5, 0.6) is 0 Å². The molecule has 5 heteroatoms. The quantitative estimate of drug-likeness (QED) is 0.715. The predicted molar refractivity (Wildman–Crippen MR) is 108 cm³/mol. The predicted octanol–water partition coefficient (Wildman–Crippen LogP) is 3.86. The first-order chi connectivity index (χ1) is 13.7. The molecule has 1 amide bonds. The van der Waals surface area contributed by atoms with Crippen LogP contribution in [0.25, 0.3) is 10.9 Å². The van der Waals surface area contributed by atoms with Crippen molar-refractivity contribution in [3.63, 3.8) is 0 Å². The molecule has 3 atom stereocenters. The molecule has 1 aromatic heterocycles. The van der Waals surface area contributed by atoms with Crippen molar-refractivity contribution in [2.75, 3.05) is 6.54 Å². The minimum absolute atomic E-state index is 0.0236. The zero-order valence-corrected chi connectivity index (χ0v) is 15.8. The molecule has 2 N–H and O–H groups in total. The maximum Gasteiger partial charge on any atom is 0.275 e. The molecule has 144 valence electrons. The second-order valence-corrected chi connectivity index (χ2v) is 8.11. The fraction of sp³-hybridized carbons (Fsp3) is 0.391. The molecule has 1 saturated carbocycles. The molecule has 2 fully saturated rings. The third kappa shape index (κ3) is 2.65. The van der Waals surface area contributed by atoms with Crippen molar-refractivity contribution in [3.8, 4) is 0 Å². The molecule has 1 aliphatic heterocycles. The van der Waals surface area contributed by atoms with E-state index in [2.05, 4.69) is 10.2 Å². The van der Waals surface area contributed by atoms with Gasteiger partial charge in [0.1, 0.15) is 0 Å². The van der Waals surface area contributed by atoms with Gasteiger partial charge in [0.15, 0.2) is 5.69 Å². The number of fused-ring (bicyclic) bond motifs is 2. The molecule has 5 rings (SSSR count). The van der Waals surface area contributed by atoms with Gasteiger partial charge in [-0.15, -0.1) is 0 Å². The van der Waals surface area contributed by atoms with Gasteiger partial charge in [0, 0.05) is 23.9 Å². The summed E-state index contributed by atoms with van der Waals surface area (Å²) in [6.07, 6.45) is 4.64. The summed E-state index contributed by atoms with van der Waals surface area (Å²) in [5, 5.41) is 19.8. The molecule has 0 unspecified atom stereocenters. The Labute approximate surface area is 164 Å². The number of carbonyl (C=O) groups is 1. The zero-order chi connectivity index (χ0) is 19.1. The third-order valence-electron chi connectivity index (χ3n) is 6.68. The molecule has 1 aliphatic carbocycles. The lowest BCUT2D eigenvalue weighted by atomic mass is 9.66. The van der Waals surface area contributed by atoms with Crippen LogP contribution in [0, 0.1) is 5.92 Å². The number of para-hydroxylation sites is 1. The summed E-state index contributed by atoms with van der Waals surface area (Å²) in [6.45, 7) is 0.548. The Kier molecular flexibility index (Phi) is 4.20. The van der Waals surface area contributed by atoms with Gasteiger partial charge in [0.2, 0.25) is 0 Å². The summed E-state index contributed by atoms with van der Waals surface area (Å²) in [5.41, 5.74) is 1.48. The largest absolute Gasteiger partial charge is 0.385 e. The van der Waals surface area contributed by atoms with Gasteiger partial charge >= 0.3 is 0 Å². The minimum atomic E-state index is -0.864.